The summed E-state index contributed by atoms with van der Waals surface area (Å²) >= 11 is 0. The van der Waals surface area contributed by atoms with Crippen LogP contribution in [0.15, 0.2) is 47.1 Å². The van der Waals surface area contributed by atoms with Crippen molar-refractivity contribution in [2.45, 2.75) is 20.3 Å². The third-order valence-electron chi connectivity index (χ3n) is 3.76. The molecule has 0 fully saturated rings. The quantitative estimate of drug-likeness (QED) is 0.825. The first-order chi connectivity index (χ1) is 9.61. The zero-order valence-corrected chi connectivity index (χ0v) is 12.6. The standard InChI is InChI=1S/C17H23N3/c1-12-8-9-19-11-17(12)20-14(3)16-7-5-6-15(10-16)13(2)18-4/h5-7,10,19-20H,3,8-9,11H2,1-2,4H3. The van der Waals surface area contributed by atoms with Gasteiger partial charge in [-0.25, -0.2) is 0 Å². The van der Waals surface area contributed by atoms with E-state index in [9.17, 15) is 0 Å². The summed E-state index contributed by atoms with van der Waals surface area (Å²) in [5.41, 5.74) is 6.87. The van der Waals surface area contributed by atoms with Crippen LogP contribution in [0, 0.1) is 0 Å². The minimum Gasteiger partial charge on any atom is -0.358 e. The zero-order chi connectivity index (χ0) is 14.5. The van der Waals surface area contributed by atoms with Crippen molar-refractivity contribution in [3.63, 3.8) is 0 Å². The average Bonchev–Trinajstić information content (AvgIpc) is 2.49. The molecule has 1 heterocycles. The van der Waals surface area contributed by atoms with Gasteiger partial charge in [0.2, 0.25) is 0 Å². The molecule has 1 aliphatic heterocycles. The van der Waals surface area contributed by atoms with Gasteiger partial charge in [0.25, 0.3) is 0 Å². The SMILES string of the molecule is C=C(NC1=C(C)CCNC1)c1cccc(C(C)=NC)c1. The maximum Gasteiger partial charge on any atom is 0.0386 e. The third-order valence-corrected chi connectivity index (χ3v) is 3.76. The second-order valence-electron chi connectivity index (χ2n) is 5.18. The number of nitrogens with one attached hydrogen (secondary N) is 2. The van der Waals surface area contributed by atoms with Crippen LogP contribution in [0.1, 0.15) is 31.4 Å². The first kappa shape index (κ1) is 14.5. The molecule has 1 aliphatic rings. The molecule has 0 radical (unpaired) electrons. The van der Waals surface area contributed by atoms with E-state index in [4.69, 9.17) is 0 Å². The molecule has 0 spiro atoms. The summed E-state index contributed by atoms with van der Waals surface area (Å²) < 4.78 is 0. The van der Waals surface area contributed by atoms with E-state index in [0.29, 0.717) is 0 Å². The van der Waals surface area contributed by atoms with E-state index in [1.54, 1.807) is 0 Å². The van der Waals surface area contributed by atoms with E-state index in [1.807, 2.05) is 20.0 Å². The molecule has 0 saturated heterocycles. The largest absolute Gasteiger partial charge is 0.358 e. The lowest BCUT2D eigenvalue weighted by Gasteiger charge is -2.22. The predicted molar refractivity (Wildman–Crippen MR) is 86.9 cm³/mol. The van der Waals surface area contributed by atoms with Gasteiger partial charge in [-0.05, 0) is 44.0 Å². The Morgan fingerprint density at radius 2 is 2.10 bits per heavy atom. The molecule has 1 aromatic rings. The summed E-state index contributed by atoms with van der Waals surface area (Å²) in [4.78, 5) is 4.23. The van der Waals surface area contributed by atoms with Gasteiger partial charge in [0.05, 0.1) is 0 Å². The van der Waals surface area contributed by atoms with E-state index in [0.717, 1.165) is 42.0 Å². The van der Waals surface area contributed by atoms with Crippen molar-refractivity contribution in [2.75, 3.05) is 20.1 Å². The molecule has 106 valence electrons. The highest BCUT2D eigenvalue weighted by Gasteiger charge is 2.10. The van der Waals surface area contributed by atoms with Crippen molar-refractivity contribution in [2.24, 2.45) is 4.99 Å². The van der Waals surface area contributed by atoms with Crippen LogP contribution >= 0.6 is 0 Å². The van der Waals surface area contributed by atoms with Gasteiger partial charge in [-0.2, -0.15) is 0 Å². The Morgan fingerprint density at radius 1 is 1.35 bits per heavy atom. The highest BCUT2D eigenvalue weighted by Crippen LogP contribution is 2.17. The number of hydrogen-bond donors (Lipinski definition) is 2. The summed E-state index contributed by atoms with van der Waals surface area (Å²) in [6.07, 6.45) is 1.09. The van der Waals surface area contributed by atoms with Crippen LogP contribution < -0.4 is 10.6 Å². The smallest absolute Gasteiger partial charge is 0.0386 e. The van der Waals surface area contributed by atoms with Gasteiger partial charge in [-0.15, -0.1) is 0 Å². The molecule has 0 aliphatic carbocycles. The highest BCUT2D eigenvalue weighted by molar-refractivity contribution is 5.99. The molecule has 0 bridgehead atoms. The maximum absolute atomic E-state index is 4.23. The van der Waals surface area contributed by atoms with Crippen LogP contribution in [-0.4, -0.2) is 25.8 Å². The summed E-state index contributed by atoms with van der Waals surface area (Å²) in [6, 6.07) is 8.33. The van der Waals surface area contributed by atoms with Crippen LogP contribution in [0.2, 0.25) is 0 Å². The lowest BCUT2D eigenvalue weighted by molar-refractivity contribution is 0.655. The Labute approximate surface area is 121 Å². The van der Waals surface area contributed by atoms with Crippen LogP contribution in [-0.2, 0) is 0 Å². The molecule has 1 aromatic carbocycles. The maximum atomic E-state index is 4.23. The number of benzene rings is 1. The van der Waals surface area contributed by atoms with E-state index in [2.05, 4.69) is 47.3 Å². The molecule has 0 saturated carbocycles. The van der Waals surface area contributed by atoms with Gasteiger partial charge < -0.3 is 10.6 Å². The minimum atomic E-state index is 0.889. The molecular weight excluding hydrogens is 246 g/mol. The fraction of sp³-hybridized carbons (Fsp3) is 0.353. The fourth-order valence-electron chi connectivity index (χ4n) is 2.26. The molecule has 3 heteroatoms. The van der Waals surface area contributed by atoms with E-state index >= 15 is 0 Å². The van der Waals surface area contributed by atoms with E-state index in [-0.39, 0.29) is 0 Å². The number of nitrogens with zero attached hydrogens (tertiary/aromatic N) is 1. The Kier molecular flexibility index (Phi) is 4.74. The van der Waals surface area contributed by atoms with E-state index in [1.165, 1.54) is 11.3 Å². The molecule has 20 heavy (non-hydrogen) atoms. The molecule has 0 unspecified atom stereocenters. The van der Waals surface area contributed by atoms with Crippen molar-refractivity contribution in [3.8, 4) is 0 Å². The number of hydrogen-bond acceptors (Lipinski definition) is 3. The van der Waals surface area contributed by atoms with Crippen molar-refractivity contribution < 1.29 is 0 Å². The summed E-state index contributed by atoms with van der Waals surface area (Å²) in [7, 11) is 1.82. The zero-order valence-electron chi connectivity index (χ0n) is 12.6. The molecule has 2 N–H and O–H groups in total. The number of rotatable bonds is 4. The van der Waals surface area contributed by atoms with Gasteiger partial charge >= 0.3 is 0 Å². The average molecular weight is 269 g/mol. The van der Waals surface area contributed by atoms with Crippen molar-refractivity contribution in [3.05, 3.63) is 53.2 Å². The topological polar surface area (TPSA) is 36.4 Å². The van der Waals surface area contributed by atoms with Crippen LogP contribution in [0.4, 0.5) is 0 Å². The first-order valence-electron chi connectivity index (χ1n) is 7.01. The highest BCUT2D eigenvalue weighted by atomic mass is 15.0. The van der Waals surface area contributed by atoms with Crippen LogP contribution in [0.25, 0.3) is 5.70 Å². The van der Waals surface area contributed by atoms with Crippen molar-refractivity contribution in [1.82, 2.24) is 10.6 Å². The molecule has 0 atom stereocenters. The summed E-state index contributed by atoms with van der Waals surface area (Å²) in [6.45, 7) is 10.3. The Hall–Kier alpha value is -1.87. The van der Waals surface area contributed by atoms with Crippen molar-refractivity contribution in [1.29, 1.82) is 0 Å². The van der Waals surface area contributed by atoms with Gasteiger partial charge in [0.1, 0.15) is 0 Å². The van der Waals surface area contributed by atoms with E-state index < -0.39 is 0 Å². The second-order valence-corrected chi connectivity index (χ2v) is 5.18. The predicted octanol–water partition coefficient (Wildman–Crippen LogP) is 2.95. The van der Waals surface area contributed by atoms with Crippen molar-refractivity contribution >= 4 is 11.4 Å². The Bertz CT molecular complexity index is 567. The van der Waals surface area contributed by atoms with Gasteiger partial charge in [0.15, 0.2) is 0 Å². The van der Waals surface area contributed by atoms with Crippen LogP contribution in [0.5, 0.6) is 0 Å². The third kappa shape index (κ3) is 3.36. The molecule has 2 rings (SSSR count). The molecular formula is C17H23N3. The Morgan fingerprint density at radius 3 is 2.80 bits per heavy atom. The summed E-state index contributed by atoms with van der Waals surface area (Å²) in [5.74, 6) is 0. The normalized spacial score (nSPS) is 16.2. The van der Waals surface area contributed by atoms with Gasteiger partial charge in [0, 0.05) is 30.7 Å². The van der Waals surface area contributed by atoms with Crippen LogP contribution in [0.3, 0.4) is 0 Å². The first-order valence-corrected chi connectivity index (χ1v) is 7.01. The monoisotopic (exact) mass is 269 g/mol. The number of aliphatic imine (C=N–C) groups is 1. The molecule has 3 nitrogen and oxygen atoms in total. The summed E-state index contributed by atoms with van der Waals surface area (Å²) in [5, 5.41) is 6.83. The van der Waals surface area contributed by atoms with Gasteiger partial charge in [-0.3, -0.25) is 4.99 Å². The lowest BCUT2D eigenvalue weighted by Crippen LogP contribution is -2.30. The Balaban J connectivity index is 2.17. The molecule has 0 aromatic heterocycles. The lowest BCUT2D eigenvalue weighted by atomic mass is 10.0. The molecule has 0 amide bonds. The van der Waals surface area contributed by atoms with Gasteiger partial charge in [-0.1, -0.05) is 30.4 Å². The fourth-order valence-corrected chi connectivity index (χ4v) is 2.26. The second kappa shape index (κ2) is 6.53. The minimum absolute atomic E-state index is 0.889.